The van der Waals surface area contributed by atoms with Crippen molar-refractivity contribution in [2.24, 2.45) is 34.7 Å². The molecule has 0 aromatic carbocycles. The minimum atomic E-state index is -0.809. The van der Waals surface area contributed by atoms with E-state index in [4.69, 9.17) is 0 Å². The largest absolute Gasteiger partial charge is 0.352 e. The molecule has 0 aromatic heterocycles. The van der Waals surface area contributed by atoms with Gasteiger partial charge in [0.05, 0.1) is 6.42 Å². The summed E-state index contributed by atoms with van der Waals surface area (Å²) in [6, 6.07) is 0.300. The van der Waals surface area contributed by atoms with Crippen LogP contribution in [0.3, 0.4) is 0 Å². The predicted octanol–water partition coefficient (Wildman–Crippen LogP) is 1.58. The highest BCUT2D eigenvalue weighted by Crippen LogP contribution is 2.53. The number of nitrogens with one attached hydrogen (secondary N) is 3. The highest BCUT2D eigenvalue weighted by molar-refractivity contribution is 6.35. The Hall–Kier alpha value is -1.92. The van der Waals surface area contributed by atoms with Gasteiger partial charge in [0.15, 0.2) is 0 Å². The molecule has 0 aliphatic heterocycles. The molecule has 0 spiro atoms. The second-order valence-electron chi connectivity index (χ2n) is 9.09. The monoisotopic (exact) mass is 376 g/mol. The number of hydrazone groups is 1. The van der Waals surface area contributed by atoms with Crippen LogP contribution in [-0.2, 0) is 14.4 Å². The zero-order valence-electron chi connectivity index (χ0n) is 16.6. The molecule has 0 heterocycles. The summed E-state index contributed by atoms with van der Waals surface area (Å²) in [5.74, 6) is 1.71. The van der Waals surface area contributed by atoms with Crippen LogP contribution in [0.4, 0.5) is 0 Å². The van der Waals surface area contributed by atoms with E-state index >= 15 is 0 Å². The van der Waals surface area contributed by atoms with E-state index in [1.807, 2.05) is 13.8 Å². The Balaban J connectivity index is 1.43. The van der Waals surface area contributed by atoms with Crippen LogP contribution in [0.1, 0.15) is 59.3 Å². The molecule has 4 aliphatic carbocycles. The Kier molecular flexibility index (Phi) is 6.17. The van der Waals surface area contributed by atoms with E-state index in [0.29, 0.717) is 30.1 Å². The summed E-state index contributed by atoms with van der Waals surface area (Å²) in [6.45, 7) is 6.01. The van der Waals surface area contributed by atoms with Crippen LogP contribution in [0.2, 0.25) is 0 Å². The fraction of sp³-hybridized carbons (Fsp3) is 0.800. The van der Waals surface area contributed by atoms with Crippen molar-refractivity contribution in [1.29, 1.82) is 0 Å². The van der Waals surface area contributed by atoms with Crippen LogP contribution < -0.4 is 16.1 Å². The van der Waals surface area contributed by atoms with Gasteiger partial charge in [0.2, 0.25) is 5.91 Å². The van der Waals surface area contributed by atoms with Crippen LogP contribution in [-0.4, -0.2) is 36.0 Å². The molecule has 4 rings (SSSR count). The maximum atomic E-state index is 12.4. The lowest BCUT2D eigenvalue weighted by molar-refractivity contribution is -0.139. The number of hydrogen-bond donors (Lipinski definition) is 3. The SMILES string of the molecule is C/C(CC(=O)NC1C2CC3CC(C2)CC1C3)=N/NC(=O)C(=O)NCC(C)C. The topological polar surface area (TPSA) is 99.7 Å². The normalized spacial score (nSPS) is 31.7. The smallest absolute Gasteiger partial charge is 0.329 e. The molecule has 3 amide bonds. The molecule has 4 aliphatic rings. The first-order valence-corrected chi connectivity index (χ1v) is 10.2. The number of hydrogen-bond acceptors (Lipinski definition) is 4. The van der Waals surface area contributed by atoms with Gasteiger partial charge in [-0.1, -0.05) is 13.8 Å². The quantitative estimate of drug-likeness (QED) is 0.373. The van der Waals surface area contributed by atoms with E-state index in [1.165, 1.54) is 32.1 Å². The van der Waals surface area contributed by atoms with Crippen LogP contribution in [0.25, 0.3) is 0 Å². The molecule has 0 aromatic rings. The van der Waals surface area contributed by atoms with Crippen LogP contribution in [0, 0.1) is 29.6 Å². The average Bonchev–Trinajstić information content (AvgIpc) is 2.60. The molecule has 4 bridgehead atoms. The first-order valence-electron chi connectivity index (χ1n) is 10.2. The van der Waals surface area contributed by atoms with Crippen molar-refractivity contribution in [3.8, 4) is 0 Å². The van der Waals surface area contributed by atoms with Gasteiger partial charge in [-0.05, 0) is 68.6 Å². The Labute approximate surface area is 161 Å². The molecule has 150 valence electrons. The first-order chi connectivity index (χ1) is 12.8. The van der Waals surface area contributed by atoms with Crippen LogP contribution >= 0.6 is 0 Å². The minimum Gasteiger partial charge on any atom is -0.352 e. The molecule has 0 radical (unpaired) electrons. The van der Waals surface area contributed by atoms with Crippen LogP contribution in [0.5, 0.6) is 0 Å². The van der Waals surface area contributed by atoms with Crippen molar-refractivity contribution in [2.45, 2.75) is 65.3 Å². The fourth-order valence-corrected chi connectivity index (χ4v) is 5.24. The van der Waals surface area contributed by atoms with Gasteiger partial charge < -0.3 is 10.6 Å². The van der Waals surface area contributed by atoms with Gasteiger partial charge in [0.1, 0.15) is 0 Å². The van der Waals surface area contributed by atoms with E-state index in [-0.39, 0.29) is 18.2 Å². The van der Waals surface area contributed by atoms with Gasteiger partial charge in [0, 0.05) is 18.3 Å². The molecular weight excluding hydrogens is 344 g/mol. The Morgan fingerprint density at radius 2 is 1.56 bits per heavy atom. The summed E-state index contributed by atoms with van der Waals surface area (Å²) in [5, 5.41) is 9.65. The average molecular weight is 377 g/mol. The van der Waals surface area contributed by atoms with Crippen LogP contribution in [0.15, 0.2) is 5.10 Å². The van der Waals surface area contributed by atoms with Gasteiger partial charge in [-0.25, -0.2) is 5.43 Å². The number of nitrogens with zero attached hydrogens (tertiary/aromatic N) is 1. The molecule has 4 saturated carbocycles. The van der Waals surface area contributed by atoms with E-state index in [2.05, 4.69) is 21.2 Å². The summed E-state index contributed by atoms with van der Waals surface area (Å²) < 4.78 is 0. The second-order valence-corrected chi connectivity index (χ2v) is 9.09. The van der Waals surface area contributed by atoms with Gasteiger partial charge in [-0.3, -0.25) is 14.4 Å². The molecule has 0 saturated heterocycles. The number of carbonyl (C=O) groups excluding carboxylic acids is 3. The number of amides is 3. The Morgan fingerprint density at radius 3 is 2.11 bits per heavy atom. The molecule has 7 heteroatoms. The zero-order valence-corrected chi connectivity index (χ0v) is 16.6. The van der Waals surface area contributed by atoms with Crippen molar-refractivity contribution in [3.63, 3.8) is 0 Å². The van der Waals surface area contributed by atoms with Crippen molar-refractivity contribution < 1.29 is 14.4 Å². The maximum absolute atomic E-state index is 12.4. The lowest BCUT2D eigenvalue weighted by Crippen LogP contribution is -2.56. The second kappa shape index (κ2) is 8.40. The predicted molar refractivity (Wildman–Crippen MR) is 103 cm³/mol. The lowest BCUT2D eigenvalue weighted by atomic mass is 9.54. The van der Waals surface area contributed by atoms with Crippen molar-refractivity contribution in [3.05, 3.63) is 0 Å². The molecule has 7 nitrogen and oxygen atoms in total. The van der Waals surface area contributed by atoms with E-state index < -0.39 is 11.8 Å². The minimum absolute atomic E-state index is 0.0489. The van der Waals surface area contributed by atoms with Gasteiger partial charge in [-0.15, -0.1) is 0 Å². The summed E-state index contributed by atoms with van der Waals surface area (Å²) in [7, 11) is 0. The van der Waals surface area contributed by atoms with E-state index in [1.54, 1.807) is 6.92 Å². The van der Waals surface area contributed by atoms with Gasteiger partial charge in [-0.2, -0.15) is 5.10 Å². The van der Waals surface area contributed by atoms with Crippen molar-refractivity contribution in [2.75, 3.05) is 6.54 Å². The standard InChI is InChI=1S/C20H32N4O3/c1-11(2)10-21-19(26)20(27)24-23-12(3)4-17(25)22-18-15-6-13-5-14(8-15)9-16(18)7-13/h11,13-16,18H,4-10H2,1-3H3,(H,21,26)(H,22,25)(H,24,27)/b23-12-. The summed E-state index contributed by atoms with van der Waals surface area (Å²) >= 11 is 0. The van der Waals surface area contributed by atoms with Crippen molar-refractivity contribution in [1.82, 2.24) is 16.1 Å². The van der Waals surface area contributed by atoms with E-state index in [9.17, 15) is 14.4 Å². The molecule has 4 fully saturated rings. The van der Waals surface area contributed by atoms with Crippen molar-refractivity contribution >= 4 is 23.4 Å². The molecule has 0 unspecified atom stereocenters. The third-order valence-corrected chi connectivity index (χ3v) is 6.20. The lowest BCUT2D eigenvalue weighted by Gasteiger charge is -2.54. The molecule has 3 N–H and O–H groups in total. The highest BCUT2D eigenvalue weighted by atomic mass is 16.2. The van der Waals surface area contributed by atoms with Gasteiger partial charge >= 0.3 is 11.8 Å². The number of rotatable bonds is 6. The van der Waals surface area contributed by atoms with Gasteiger partial charge in [0.25, 0.3) is 0 Å². The summed E-state index contributed by atoms with van der Waals surface area (Å²) in [5.41, 5.74) is 2.71. The molecule has 0 atom stereocenters. The zero-order chi connectivity index (χ0) is 19.6. The summed E-state index contributed by atoms with van der Waals surface area (Å²) in [4.78, 5) is 35.7. The summed E-state index contributed by atoms with van der Waals surface area (Å²) in [6.07, 6.45) is 6.55. The highest BCUT2D eigenvalue weighted by Gasteiger charge is 2.48. The molecule has 27 heavy (non-hydrogen) atoms. The first kappa shape index (κ1) is 19.8. The third-order valence-electron chi connectivity index (χ3n) is 6.20. The maximum Gasteiger partial charge on any atom is 0.329 e. The molecular formula is C20H32N4O3. The number of carbonyl (C=O) groups is 3. The Bertz CT molecular complexity index is 601. The Morgan fingerprint density at radius 1 is 0.963 bits per heavy atom. The van der Waals surface area contributed by atoms with E-state index in [0.717, 1.165) is 11.8 Å². The fourth-order valence-electron chi connectivity index (χ4n) is 5.24. The third kappa shape index (κ3) is 5.08.